The van der Waals surface area contributed by atoms with Crippen molar-refractivity contribution in [3.8, 4) is 5.75 Å². The summed E-state index contributed by atoms with van der Waals surface area (Å²) in [6, 6.07) is 8.73. The number of methoxy groups -OCH3 is 1. The molecule has 8 heteroatoms. The molecule has 0 spiro atoms. The number of nitrogens with one attached hydrogen (secondary N) is 2. The molecule has 7 nitrogen and oxygen atoms in total. The summed E-state index contributed by atoms with van der Waals surface area (Å²) in [5.41, 5.74) is 1.30. The largest absolute Gasteiger partial charge is 0.497 e. The third-order valence-corrected chi connectivity index (χ3v) is 4.99. The zero-order valence-electron chi connectivity index (χ0n) is 16.7. The Bertz CT molecular complexity index is 698. The minimum atomic E-state index is 0. The molecule has 1 aromatic heterocycles. The maximum atomic E-state index is 5.30. The maximum Gasteiger partial charge on any atom is 0.191 e. The summed E-state index contributed by atoms with van der Waals surface area (Å²) in [5, 5.41) is 6.87. The fraction of sp³-hybridized carbons (Fsp3) is 0.500. The van der Waals surface area contributed by atoms with E-state index in [4.69, 9.17) is 4.74 Å². The Hall–Kier alpha value is -1.81. The van der Waals surface area contributed by atoms with Crippen molar-refractivity contribution in [3.05, 3.63) is 48.5 Å². The van der Waals surface area contributed by atoms with Gasteiger partial charge in [-0.1, -0.05) is 12.1 Å². The van der Waals surface area contributed by atoms with Gasteiger partial charge in [0.15, 0.2) is 5.96 Å². The number of aliphatic imine (C=N–C) groups is 1. The highest BCUT2D eigenvalue weighted by atomic mass is 127. The molecule has 1 saturated heterocycles. The molecular formula is C20H31IN6O. The number of imidazole rings is 1. The topological polar surface area (TPSA) is 66.7 Å². The van der Waals surface area contributed by atoms with E-state index in [1.54, 1.807) is 13.3 Å². The van der Waals surface area contributed by atoms with Crippen molar-refractivity contribution in [1.29, 1.82) is 0 Å². The van der Waals surface area contributed by atoms with Crippen LogP contribution in [0.15, 0.2) is 48.0 Å². The zero-order chi connectivity index (χ0) is 18.9. The number of likely N-dealkylation sites (tertiary alicyclic amines) is 1. The maximum absolute atomic E-state index is 5.30. The second-order valence-corrected chi connectivity index (χ2v) is 6.71. The van der Waals surface area contributed by atoms with Crippen LogP contribution in [0.1, 0.15) is 24.4 Å². The highest BCUT2D eigenvalue weighted by Crippen LogP contribution is 2.26. The number of hydrogen-bond acceptors (Lipinski definition) is 4. The lowest BCUT2D eigenvalue weighted by molar-refractivity contribution is 0.245. The second-order valence-electron chi connectivity index (χ2n) is 6.71. The number of nitrogens with zero attached hydrogens (tertiary/aromatic N) is 4. The first kappa shape index (κ1) is 22.5. The van der Waals surface area contributed by atoms with Crippen molar-refractivity contribution in [2.75, 3.05) is 40.3 Å². The van der Waals surface area contributed by atoms with Gasteiger partial charge in [0.2, 0.25) is 0 Å². The van der Waals surface area contributed by atoms with Crippen LogP contribution in [0, 0.1) is 0 Å². The minimum absolute atomic E-state index is 0. The van der Waals surface area contributed by atoms with Gasteiger partial charge in [-0.25, -0.2) is 4.98 Å². The molecule has 1 fully saturated rings. The Morgan fingerprint density at radius 3 is 2.57 bits per heavy atom. The summed E-state index contributed by atoms with van der Waals surface area (Å²) in [5.74, 6) is 1.72. The van der Waals surface area contributed by atoms with E-state index in [0.717, 1.165) is 44.4 Å². The predicted octanol–water partition coefficient (Wildman–Crippen LogP) is 2.51. The molecule has 0 amide bonds. The van der Waals surface area contributed by atoms with E-state index in [1.807, 2.05) is 36.3 Å². The number of benzene rings is 1. The fourth-order valence-corrected chi connectivity index (χ4v) is 3.47. The van der Waals surface area contributed by atoms with Crippen LogP contribution in [0.2, 0.25) is 0 Å². The molecule has 0 aliphatic carbocycles. The first-order valence-corrected chi connectivity index (χ1v) is 9.58. The molecule has 1 aromatic carbocycles. The van der Waals surface area contributed by atoms with Crippen molar-refractivity contribution < 1.29 is 4.74 Å². The van der Waals surface area contributed by atoms with E-state index in [-0.39, 0.29) is 24.0 Å². The monoisotopic (exact) mass is 498 g/mol. The number of guanidine groups is 1. The van der Waals surface area contributed by atoms with Crippen molar-refractivity contribution >= 4 is 29.9 Å². The lowest BCUT2D eigenvalue weighted by atomic mass is 10.1. The van der Waals surface area contributed by atoms with E-state index in [0.29, 0.717) is 6.04 Å². The van der Waals surface area contributed by atoms with Gasteiger partial charge in [0.05, 0.1) is 19.5 Å². The Kier molecular flexibility index (Phi) is 9.56. The van der Waals surface area contributed by atoms with Crippen molar-refractivity contribution in [3.63, 3.8) is 0 Å². The molecule has 2 N–H and O–H groups in total. The van der Waals surface area contributed by atoms with E-state index in [1.165, 1.54) is 18.4 Å². The van der Waals surface area contributed by atoms with Crippen LogP contribution in [-0.4, -0.2) is 60.7 Å². The molecule has 1 atom stereocenters. The molecule has 2 heterocycles. The van der Waals surface area contributed by atoms with Crippen LogP contribution in [0.3, 0.4) is 0 Å². The molecular weight excluding hydrogens is 467 g/mol. The summed E-state index contributed by atoms with van der Waals surface area (Å²) in [7, 11) is 3.51. The van der Waals surface area contributed by atoms with Gasteiger partial charge >= 0.3 is 0 Å². The van der Waals surface area contributed by atoms with Gasteiger partial charge < -0.3 is 19.9 Å². The number of aromatic nitrogens is 2. The summed E-state index contributed by atoms with van der Waals surface area (Å²) in [6.45, 7) is 4.76. The van der Waals surface area contributed by atoms with Gasteiger partial charge in [-0.05, 0) is 43.6 Å². The molecule has 1 aliphatic rings. The van der Waals surface area contributed by atoms with Gasteiger partial charge in [-0.15, -0.1) is 24.0 Å². The first-order chi connectivity index (χ1) is 13.3. The molecule has 2 aromatic rings. The molecule has 28 heavy (non-hydrogen) atoms. The summed E-state index contributed by atoms with van der Waals surface area (Å²) in [4.78, 5) is 11.0. The van der Waals surface area contributed by atoms with E-state index in [2.05, 4.69) is 37.6 Å². The van der Waals surface area contributed by atoms with E-state index >= 15 is 0 Å². The standard InChI is InChI=1S/C20H30N6O.HI/c1-21-20(23-10-14-25-13-9-22-16-25)24-15-19(26-11-3-4-12-26)17-5-7-18(27-2)8-6-17;/h5-9,13,16,19H,3-4,10-12,14-15H2,1-2H3,(H2,21,23,24);1H. The third-order valence-electron chi connectivity index (χ3n) is 4.99. The van der Waals surface area contributed by atoms with Crippen LogP contribution < -0.4 is 15.4 Å². The smallest absolute Gasteiger partial charge is 0.191 e. The van der Waals surface area contributed by atoms with Crippen LogP contribution in [0.25, 0.3) is 0 Å². The quantitative estimate of drug-likeness (QED) is 0.333. The number of rotatable bonds is 8. The third kappa shape index (κ3) is 6.37. The first-order valence-electron chi connectivity index (χ1n) is 9.58. The predicted molar refractivity (Wildman–Crippen MR) is 124 cm³/mol. The van der Waals surface area contributed by atoms with E-state index < -0.39 is 0 Å². The van der Waals surface area contributed by atoms with Gasteiger partial charge in [0.25, 0.3) is 0 Å². The fourth-order valence-electron chi connectivity index (χ4n) is 3.47. The molecule has 1 aliphatic heterocycles. The molecule has 0 bridgehead atoms. The van der Waals surface area contributed by atoms with Crippen LogP contribution in [0.4, 0.5) is 0 Å². The summed E-state index contributed by atoms with van der Waals surface area (Å²) in [6.07, 6.45) is 8.12. The summed E-state index contributed by atoms with van der Waals surface area (Å²) >= 11 is 0. The number of ether oxygens (including phenoxy) is 1. The molecule has 3 rings (SSSR count). The van der Waals surface area contributed by atoms with Gasteiger partial charge in [0.1, 0.15) is 5.75 Å². The molecule has 0 saturated carbocycles. The van der Waals surface area contributed by atoms with Crippen LogP contribution >= 0.6 is 24.0 Å². The Balaban J connectivity index is 0.00000280. The SMILES string of the molecule is CN=C(NCCn1ccnc1)NCC(c1ccc(OC)cc1)N1CCCC1.I. The molecule has 154 valence electrons. The van der Waals surface area contributed by atoms with Crippen molar-refractivity contribution in [2.45, 2.75) is 25.4 Å². The lowest BCUT2D eigenvalue weighted by Crippen LogP contribution is -2.43. The minimum Gasteiger partial charge on any atom is -0.497 e. The second kappa shape index (κ2) is 11.9. The molecule has 1 unspecified atom stereocenters. The average Bonchev–Trinajstić information content (AvgIpc) is 3.41. The zero-order valence-corrected chi connectivity index (χ0v) is 19.0. The number of halogens is 1. The highest BCUT2D eigenvalue weighted by Gasteiger charge is 2.23. The van der Waals surface area contributed by atoms with Gasteiger partial charge in [0, 0.05) is 39.1 Å². The van der Waals surface area contributed by atoms with Crippen LogP contribution in [-0.2, 0) is 6.54 Å². The van der Waals surface area contributed by atoms with Gasteiger partial charge in [-0.3, -0.25) is 9.89 Å². The van der Waals surface area contributed by atoms with Crippen molar-refractivity contribution in [1.82, 2.24) is 25.1 Å². The normalized spacial score (nSPS) is 15.7. The highest BCUT2D eigenvalue weighted by molar-refractivity contribution is 14.0. The molecule has 0 radical (unpaired) electrons. The van der Waals surface area contributed by atoms with E-state index in [9.17, 15) is 0 Å². The average molecular weight is 498 g/mol. The van der Waals surface area contributed by atoms with Crippen LogP contribution in [0.5, 0.6) is 5.75 Å². The van der Waals surface area contributed by atoms with Crippen molar-refractivity contribution in [2.24, 2.45) is 4.99 Å². The van der Waals surface area contributed by atoms with Gasteiger partial charge in [-0.2, -0.15) is 0 Å². The Labute approximate surface area is 184 Å². The Morgan fingerprint density at radius 2 is 1.96 bits per heavy atom. The number of hydrogen-bond donors (Lipinski definition) is 2. The summed E-state index contributed by atoms with van der Waals surface area (Å²) < 4.78 is 7.35. The lowest BCUT2D eigenvalue weighted by Gasteiger charge is -2.29. The Morgan fingerprint density at radius 1 is 1.21 bits per heavy atom.